The maximum Gasteiger partial charge on any atom is 0.223 e. The van der Waals surface area contributed by atoms with Gasteiger partial charge < -0.3 is 5.32 Å². The zero-order chi connectivity index (χ0) is 11.8. The normalized spacial score (nSPS) is 12.1. The second-order valence-electron chi connectivity index (χ2n) is 4.24. The molecular formula is C14H21NO. The molecule has 0 heterocycles. The third-order valence-corrected chi connectivity index (χ3v) is 2.66. The van der Waals surface area contributed by atoms with E-state index in [-0.39, 0.29) is 11.8 Å². The van der Waals surface area contributed by atoms with E-state index in [0.29, 0.717) is 0 Å². The van der Waals surface area contributed by atoms with Gasteiger partial charge in [0.2, 0.25) is 5.91 Å². The lowest BCUT2D eigenvalue weighted by Crippen LogP contribution is -2.30. The van der Waals surface area contributed by atoms with Gasteiger partial charge in [0.1, 0.15) is 0 Å². The van der Waals surface area contributed by atoms with Gasteiger partial charge in [0.15, 0.2) is 0 Å². The SMILES string of the molecule is CCCCNC(=O)[C@H](C)Cc1ccccc1. The minimum Gasteiger partial charge on any atom is -0.356 e. The Hall–Kier alpha value is -1.31. The molecule has 0 fully saturated rings. The van der Waals surface area contributed by atoms with Gasteiger partial charge in [0.05, 0.1) is 0 Å². The van der Waals surface area contributed by atoms with Crippen LogP contribution in [0.3, 0.4) is 0 Å². The van der Waals surface area contributed by atoms with E-state index in [2.05, 4.69) is 24.4 Å². The third-order valence-electron chi connectivity index (χ3n) is 2.66. The topological polar surface area (TPSA) is 29.1 Å². The predicted molar refractivity (Wildman–Crippen MR) is 67.2 cm³/mol. The summed E-state index contributed by atoms with van der Waals surface area (Å²) in [5, 5.41) is 2.96. The summed E-state index contributed by atoms with van der Waals surface area (Å²) < 4.78 is 0. The number of hydrogen-bond acceptors (Lipinski definition) is 1. The van der Waals surface area contributed by atoms with Crippen molar-refractivity contribution in [3.63, 3.8) is 0 Å². The van der Waals surface area contributed by atoms with Crippen LogP contribution in [0.5, 0.6) is 0 Å². The highest BCUT2D eigenvalue weighted by Crippen LogP contribution is 2.08. The Morgan fingerprint density at radius 1 is 1.31 bits per heavy atom. The Kier molecular flexibility index (Phi) is 5.62. The van der Waals surface area contributed by atoms with Crippen molar-refractivity contribution in [1.82, 2.24) is 5.32 Å². The van der Waals surface area contributed by atoms with E-state index >= 15 is 0 Å². The van der Waals surface area contributed by atoms with Crippen molar-refractivity contribution in [3.05, 3.63) is 35.9 Å². The second kappa shape index (κ2) is 7.04. The number of rotatable bonds is 6. The van der Waals surface area contributed by atoms with E-state index in [1.165, 1.54) is 5.56 Å². The Morgan fingerprint density at radius 3 is 2.62 bits per heavy atom. The summed E-state index contributed by atoms with van der Waals surface area (Å²) in [6, 6.07) is 10.1. The van der Waals surface area contributed by atoms with Gasteiger partial charge in [-0.1, -0.05) is 50.6 Å². The van der Waals surface area contributed by atoms with Crippen LogP contribution in [0, 0.1) is 5.92 Å². The number of hydrogen-bond donors (Lipinski definition) is 1. The molecule has 0 aliphatic rings. The van der Waals surface area contributed by atoms with Gasteiger partial charge in [0, 0.05) is 12.5 Å². The molecule has 0 aliphatic heterocycles. The van der Waals surface area contributed by atoms with Crippen LogP contribution in [0.4, 0.5) is 0 Å². The minimum atomic E-state index is 0.0549. The molecule has 88 valence electrons. The smallest absolute Gasteiger partial charge is 0.223 e. The molecule has 0 spiro atoms. The molecule has 0 bridgehead atoms. The first-order valence-corrected chi connectivity index (χ1v) is 6.05. The van der Waals surface area contributed by atoms with Gasteiger partial charge in [-0.15, -0.1) is 0 Å². The standard InChI is InChI=1S/C14H21NO/c1-3-4-10-15-14(16)12(2)11-13-8-6-5-7-9-13/h5-9,12H,3-4,10-11H2,1-2H3,(H,15,16)/t12-/m1/s1. The molecule has 0 saturated carbocycles. The zero-order valence-electron chi connectivity index (χ0n) is 10.2. The first-order valence-electron chi connectivity index (χ1n) is 6.05. The van der Waals surface area contributed by atoms with Gasteiger partial charge in [-0.25, -0.2) is 0 Å². The summed E-state index contributed by atoms with van der Waals surface area (Å²) in [4.78, 5) is 11.7. The van der Waals surface area contributed by atoms with E-state index in [9.17, 15) is 4.79 Å². The number of unbranched alkanes of at least 4 members (excludes halogenated alkanes) is 1. The van der Waals surface area contributed by atoms with E-state index < -0.39 is 0 Å². The average molecular weight is 219 g/mol. The van der Waals surface area contributed by atoms with Crippen LogP contribution in [0.15, 0.2) is 30.3 Å². The molecular weight excluding hydrogens is 198 g/mol. The molecule has 0 aromatic heterocycles. The Bertz CT molecular complexity index is 308. The summed E-state index contributed by atoms with van der Waals surface area (Å²) in [5.41, 5.74) is 1.22. The van der Waals surface area contributed by atoms with Gasteiger partial charge in [-0.2, -0.15) is 0 Å². The summed E-state index contributed by atoms with van der Waals surface area (Å²) in [7, 11) is 0. The lowest BCUT2D eigenvalue weighted by atomic mass is 10.0. The van der Waals surface area contributed by atoms with Gasteiger partial charge >= 0.3 is 0 Å². The molecule has 1 amide bonds. The largest absolute Gasteiger partial charge is 0.356 e. The number of benzene rings is 1. The molecule has 0 aliphatic carbocycles. The highest BCUT2D eigenvalue weighted by molar-refractivity contribution is 5.78. The van der Waals surface area contributed by atoms with Crippen molar-refractivity contribution < 1.29 is 4.79 Å². The fourth-order valence-electron chi connectivity index (χ4n) is 1.62. The second-order valence-corrected chi connectivity index (χ2v) is 4.24. The van der Waals surface area contributed by atoms with Crippen molar-refractivity contribution in [2.24, 2.45) is 5.92 Å². The first-order chi connectivity index (χ1) is 7.74. The third kappa shape index (κ3) is 4.47. The molecule has 0 radical (unpaired) electrons. The molecule has 2 heteroatoms. The van der Waals surface area contributed by atoms with Crippen molar-refractivity contribution >= 4 is 5.91 Å². The lowest BCUT2D eigenvalue weighted by Gasteiger charge is -2.11. The quantitative estimate of drug-likeness (QED) is 0.732. The Labute approximate surface area is 98.1 Å². The molecule has 1 N–H and O–H groups in total. The molecule has 2 nitrogen and oxygen atoms in total. The van der Waals surface area contributed by atoms with Crippen molar-refractivity contribution in [3.8, 4) is 0 Å². The number of carbonyl (C=O) groups is 1. The van der Waals surface area contributed by atoms with Crippen LogP contribution in [-0.4, -0.2) is 12.5 Å². The van der Waals surface area contributed by atoms with E-state index in [0.717, 1.165) is 25.8 Å². The summed E-state index contributed by atoms with van der Waals surface area (Å²) in [5.74, 6) is 0.219. The van der Waals surface area contributed by atoms with Gasteiger partial charge in [0.25, 0.3) is 0 Å². The highest BCUT2D eigenvalue weighted by atomic mass is 16.1. The molecule has 0 unspecified atom stereocenters. The predicted octanol–water partition coefficient (Wildman–Crippen LogP) is 2.78. The Morgan fingerprint density at radius 2 is 2.00 bits per heavy atom. The van der Waals surface area contributed by atoms with E-state index in [1.807, 2.05) is 25.1 Å². The first kappa shape index (κ1) is 12.8. The number of amides is 1. The average Bonchev–Trinajstić information content (AvgIpc) is 2.30. The van der Waals surface area contributed by atoms with Crippen molar-refractivity contribution in [1.29, 1.82) is 0 Å². The molecule has 1 aromatic carbocycles. The summed E-state index contributed by atoms with van der Waals surface area (Å²) in [6.07, 6.45) is 3.00. The fraction of sp³-hybridized carbons (Fsp3) is 0.500. The van der Waals surface area contributed by atoms with Crippen LogP contribution in [0.2, 0.25) is 0 Å². The van der Waals surface area contributed by atoms with Gasteiger partial charge in [-0.05, 0) is 18.4 Å². The highest BCUT2D eigenvalue weighted by Gasteiger charge is 2.12. The van der Waals surface area contributed by atoms with Crippen molar-refractivity contribution in [2.75, 3.05) is 6.54 Å². The molecule has 16 heavy (non-hydrogen) atoms. The molecule has 1 aromatic rings. The fourth-order valence-corrected chi connectivity index (χ4v) is 1.62. The van der Waals surface area contributed by atoms with E-state index in [4.69, 9.17) is 0 Å². The van der Waals surface area contributed by atoms with Crippen LogP contribution >= 0.6 is 0 Å². The number of nitrogens with one attached hydrogen (secondary N) is 1. The van der Waals surface area contributed by atoms with Gasteiger partial charge in [-0.3, -0.25) is 4.79 Å². The van der Waals surface area contributed by atoms with Crippen molar-refractivity contribution in [2.45, 2.75) is 33.1 Å². The maximum absolute atomic E-state index is 11.7. The summed E-state index contributed by atoms with van der Waals surface area (Å²) in [6.45, 7) is 4.91. The lowest BCUT2D eigenvalue weighted by molar-refractivity contribution is -0.124. The minimum absolute atomic E-state index is 0.0549. The van der Waals surface area contributed by atoms with E-state index in [1.54, 1.807) is 0 Å². The maximum atomic E-state index is 11.7. The van der Waals surface area contributed by atoms with Crippen LogP contribution in [-0.2, 0) is 11.2 Å². The molecule has 0 saturated heterocycles. The monoisotopic (exact) mass is 219 g/mol. The summed E-state index contributed by atoms with van der Waals surface area (Å²) >= 11 is 0. The number of carbonyl (C=O) groups excluding carboxylic acids is 1. The zero-order valence-corrected chi connectivity index (χ0v) is 10.2. The molecule has 1 rings (SSSR count). The van der Waals surface area contributed by atoms with Crippen LogP contribution in [0.25, 0.3) is 0 Å². The Balaban J connectivity index is 2.34. The van der Waals surface area contributed by atoms with Crippen LogP contribution < -0.4 is 5.32 Å². The molecule has 1 atom stereocenters. The van der Waals surface area contributed by atoms with Crippen LogP contribution in [0.1, 0.15) is 32.3 Å².